The van der Waals surface area contributed by atoms with Crippen LogP contribution in [0.4, 0.5) is 17.5 Å². The molecule has 1 saturated carbocycles. The first-order valence-electron chi connectivity index (χ1n) is 21.2. The smallest absolute Gasteiger partial charge is 0.266 e. The minimum atomic E-state index is -1.10. The molecule has 1 saturated heterocycles. The zero-order valence-corrected chi connectivity index (χ0v) is 34.8. The molecule has 1 aromatic carbocycles. The molecule has 7 rings (SSSR count). The second-order valence-corrected chi connectivity index (χ2v) is 15.9. The minimum absolute atomic E-state index is 0.00906. The molecule has 3 atom stereocenters. The van der Waals surface area contributed by atoms with Gasteiger partial charge in [0.1, 0.15) is 29.6 Å². The zero-order chi connectivity index (χ0) is 43.2. The van der Waals surface area contributed by atoms with Crippen molar-refractivity contribution in [2.75, 3.05) is 49.0 Å². The average molecular weight is 840 g/mol. The number of hydrogen-bond donors (Lipinski definition) is 4. The summed E-state index contributed by atoms with van der Waals surface area (Å²) in [4.78, 5) is 103. The SMILES string of the molecule is CC[C@@H]1C(=O)N(C)c2cnc(NC3=CC=C(C(=O)NCCCCCCNC(=O)COc4cccc5c4C(=O)N(C4CCC(=O)NC4=O)C5=O)CC3OC)nc2N1C1CCCC1. The molecule has 18 heteroatoms. The van der Waals surface area contributed by atoms with Crippen LogP contribution in [0.1, 0.15) is 105 Å². The number of fused-ring (bicyclic) bond motifs is 2. The molecule has 324 valence electrons. The Kier molecular flexibility index (Phi) is 13.4. The number of nitrogens with zero attached hydrogens (tertiary/aromatic N) is 5. The number of benzene rings is 1. The van der Waals surface area contributed by atoms with Crippen LogP contribution in [-0.2, 0) is 28.7 Å². The highest BCUT2D eigenvalue weighted by Gasteiger charge is 2.46. The van der Waals surface area contributed by atoms with Gasteiger partial charge in [-0.2, -0.15) is 4.98 Å². The fourth-order valence-electron chi connectivity index (χ4n) is 8.69. The molecule has 4 heterocycles. The second-order valence-electron chi connectivity index (χ2n) is 15.9. The van der Waals surface area contributed by atoms with Crippen LogP contribution < -0.4 is 35.8 Å². The predicted octanol–water partition coefficient (Wildman–Crippen LogP) is 2.89. The molecule has 2 unspecified atom stereocenters. The van der Waals surface area contributed by atoms with Gasteiger partial charge in [0, 0.05) is 57.4 Å². The number of carbonyl (C=O) groups is 7. The van der Waals surface area contributed by atoms with E-state index >= 15 is 0 Å². The number of nitrogens with one attached hydrogen (secondary N) is 4. The lowest BCUT2D eigenvalue weighted by Gasteiger charge is -2.43. The Labute approximate surface area is 353 Å². The Morgan fingerprint density at radius 3 is 2.43 bits per heavy atom. The van der Waals surface area contributed by atoms with Crippen molar-refractivity contribution in [2.45, 2.75) is 108 Å². The summed E-state index contributed by atoms with van der Waals surface area (Å²) >= 11 is 0. The Hall–Kier alpha value is -6.17. The Balaban J connectivity index is 0.823. The molecule has 4 N–H and O–H groups in total. The summed E-state index contributed by atoms with van der Waals surface area (Å²) in [5.41, 5.74) is 2.06. The molecule has 61 heavy (non-hydrogen) atoms. The van der Waals surface area contributed by atoms with Crippen LogP contribution in [0.15, 0.2) is 47.8 Å². The van der Waals surface area contributed by atoms with Crippen molar-refractivity contribution in [2.24, 2.45) is 0 Å². The minimum Gasteiger partial charge on any atom is -0.483 e. The van der Waals surface area contributed by atoms with Crippen LogP contribution in [0.2, 0.25) is 0 Å². The van der Waals surface area contributed by atoms with Crippen molar-refractivity contribution in [3.63, 3.8) is 0 Å². The molecule has 0 spiro atoms. The fourth-order valence-corrected chi connectivity index (χ4v) is 8.69. The number of rotatable bonds is 17. The monoisotopic (exact) mass is 839 g/mol. The van der Waals surface area contributed by atoms with E-state index < -0.39 is 41.7 Å². The molecule has 0 radical (unpaired) electrons. The first-order chi connectivity index (χ1) is 29.5. The van der Waals surface area contributed by atoms with E-state index in [9.17, 15) is 33.6 Å². The van der Waals surface area contributed by atoms with Gasteiger partial charge >= 0.3 is 0 Å². The number of aromatic nitrogens is 2. The molecule has 18 nitrogen and oxygen atoms in total. The lowest BCUT2D eigenvalue weighted by atomic mass is 9.99. The molecule has 5 aliphatic rings. The summed E-state index contributed by atoms with van der Waals surface area (Å²) in [5, 5.41) is 11.3. The van der Waals surface area contributed by atoms with E-state index in [1.165, 1.54) is 18.2 Å². The number of methoxy groups -OCH3 is 1. The number of unbranched alkanes of at least 4 members (excludes halogenated alkanes) is 3. The third-order valence-electron chi connectivity index (χ3n) is 12.0. The number of hydrogen-bond acceptors (Lipinski definition) is 13. The zero-order valence-electron chi connectivity index (χ0n) is 34.8. The van der Waals surface area contributed by atoms with Gasteiger partial charge in [0.25, 0.3) is 17.7 Å². The highest BCUT2D eigenvalue weighted by molar-refractivity contribution is 6.24. The summed E-state index contributed by atoms with van der Waals surface area (Å²) in [6.45, 7) is 2.55. The van der Waals surface area contributed by atoms with Crippen LogP contribution in [0.3, 0.4) is 0 Å². The van der Waals surface area contributed by atoms with Crippen molar-refractivity contribution in [1.82, 2.24) is 30.8 Å². The van der Waals surface area contributed by atoms with E-state index in [2.05, 4.69) is 31.2 Å². The molecular formula is C43H53N9O9. The standard InChI is InChI=1S/C43H53N9O9/c1-4-29-41(58)50(2)31-23-46-43(49-37(31)51(29)26-12-7-8-13-26)47-28-17-16-25(22-33(28)60-3)38(55)45-21-10-6-5-9-20-44-35(54)24-61-32-15-11-14-27-36(32)42(59)52(40(27)57)30-18-19-34(53)48-39(30)56/h11,14-17,23,26,29-30,33H,4-10,12-13,18-22,24H2,1-3H3,(H,44,54)(H,45,55)(H,46,47,49)(H,48,53,56)/t29-,30?,33?/m1/s1. The Morgan fingerprint density at radius 2 is 1.70 bits per heavy atom. The van der Waals surface area contributed by atoms with E-state index in [-0.39, 0.29) is 60.2 Å². The lowest BCUT2D eigenvalue weighted by Crippen LogP contribution is -2.55. The number of anilines is 3. The van der Waals surface area contributed by atoms with Crippen molar-refractivity contribution < 1.29 is 43.0 Å². The van der Waals surface area contributed by atoms with E-state index in [0.717, 1.165) is 61.4 Å². The molecule has 3 aliphatic heterocycles. The molecule has 7 amide bonds. The van der Waals surface area contributed by atoms with Crippen LogP contribution in [-0.4, -0.2) is 114 Å². The number of ether oxygens (including phenoxy) is 2. The summed E-state index contributed by atoms with van der Waals surface area (Å²) in [5.74, 6) is -1.83. The first-order valence-corrected chi connectivity index (χ1v) is 21.2. The van der Waals surface area contributed by atoms with Gasteiger partial charge in [0.2, 0.25) is 29.6 Å². The predicted molar refractivity (Wildman–Crippen MR) is 223 cm³/mol. The van der Waals surface area contributed by atoms with E-state index in [4.69, 9.17) is 14.5 Å². The summed E-state index contributed by atoms with van der Waals surface area (Å²) in [6, 6.07) is 3.36. The molecule has 2 aliphatic carbocycles. The molecule has 2 aromatic rings. The largest absolute Gasteiger partial charge is 0.483 e. The Morgan fingerprint density at radius 1 is 0.951 bits per heavy atom. The summed E-state index contributed by atoms with van der Waals surface area (Å²) in [6.07, 6.45) is 13.4. The quantitative estimate of drug-likeness (QED) is 0.133. The maximum atomic E-state index is 13.3. The highest BCUT2D eigenvalue weighted by Crippen LogP contribution is 2.40. The van der Waals surface area contributed by atoms with Gasteiger partial charge in [-0.05, 0) is 56.7 Å². The number of likely N-dealkylation sites (N-methyl/N-ethyl adjacent to an activating group) is 1. The van der Waals surface area contributed by atoms with Gasteiger partial charge in [0.15, 0.2) is 12.4 Å². The normalized spacial score (nSPS) is 21.5. The molecular weight excluding hydrogens is 787 g/mol. The third kappa shape index (κ3) is 9.13. The van der Waals surface area contributed by atoms with Crippen LogP contribution in [0.25, 0.3) is 0 Å². The summed E-state index contributed by atoms with van der Waals surface area (Å²) in [7, 11) is 3.37. The van der Waals surface area contributed by atoms with Crippen molar-refractivity contribution in [3.8, 4) is 5.75 Å². The molecule has 0 bridgehead atoms. The average Bonchev–Trinajstić information content (AvgIpc) is 3.88. The maximum absolute atomic E-state index is 13.3. The van der Waals surface area contributed by atoms with Gasteiger partial charge < -0.3 is 35.2 Å². The topological polar surface area (TPSA) is 222 Å². The van der Waals surface area contributed by atoms with Gasteiger partial charge in [-0.25, -0.2) is 4.98 Å². The maximum Gasteiger partial charge on any atom is 0.266 e. The Bertz CT molecular complexity index is 2150. The third-order valence-corrected chi connectivity index (χ3v) is 12.0. The number of piperidine rings is 1. The first kappa shape index (κ1) is 42.9. The molecule has 1 aromatic heterocycles. The number of imide groups is 2. The van der Waals surface area contributed by atoms with Gasteiger partial charge in [0.05, 0.1) is 17.3 Å². The van der Waals surface area contributed by atoms with Crippen LogP contribution in [0, 0.1) is 0 Å². The van der Waals surface area contributed by atoms with E-state index in [0.29, 0.717) is 49.6 Å². The number of carbonyl (C=O) groups excluding carboxylic acids is 7. The summed E-state index contributed by atoms with van der Waals surface area (Å²) < 4.78 is 11.4. The van der Waals surface area contributed by atoms with Crippen molar-refractivity contribution >= 4 is 58.8 Å². The van der Waals surface area contributed by atoms with E-state index in [1.54, 1.807) is 31.3 Å². The van der Waals surface area contributed by atoms with Gasteiger partial charge in [-0.3, -0.25) is 43.8 Å². The van der Waals surface area contributed by atoms with Crippen molar-refractivity contribution in [3.05, 3.63) is 58.9 Å². The van der Waals surface area contributed by atoms with Crippen LogP contribution >= 0.6 is 0 Å². The second kappa shape index (κ2) is 19.0. The van der Waals surface area contributed by atoms with Gasteiger partial charge in [-0.15, -0.1) is 0 Å². The molecule has 2 fully saturated rings. The van der Waals surface area contributed by atoms with Gasteiger partial charge in [-0.1, -0.05) is 44.7 Å². The fraction of sp³-hybridized carbons (Fsp3) is 0.512. The lowest BCUT2D eigenvalue weighted by molar-refractivity contribution is -0.136. The number of allylic oxidation sites excluding steroid dienone is 2. The highest BCUT2D eigenvalue weighted by atomic mass is 16.5. The van der Waals surface area contributed by atoms with Crippen LogP contribution in [0.5, 0.6) is 5.75 Å². The van der Waals surface area contributed by atoms with Crippen molar-refractivity contribution in [1.29, 1.82) is 0 Å². The van der Waals surface area contributed by atoms with E-state index in [1.807, 2.05) is 13.0 Å². The number of amides is 7.